The number of nitro benzene ring substituents is 1. The number of Topliss-reactive ketones (excluding diaryl/α,β-unsaturated/α-hetero) is 1. The van der Waals surface area contributed by atoms with Gasteiger partial charge >= 0.3 is 0 Å². The van der Waals surface area contributed by atoms with E-state index in [0.29, 0.717) is 12.2 Å². The molecule has 0 aliphatic heterocycles. The monoisotopic (exact) mass is 223 g/mol. The van der Waals surface area contributed by atoms with Crippen molar-refractivity contribution in [2.75, 3.05) is 13.7 Å². The summed E-state index contributed by atoms with van der Waals surface area (Å²) in [4.78, 5) is 21.7. The smallest absolute Gasteiger partial charge is 0.273 e. The van der Waals surface area contributed by atoms with E-state index in [1.54, 1.807) is 18.2 Å². The van der Waals surface area contributed by atoms with Gasteiger partial charge in [-0.3, -0.25) is 14.9 Å². The summed E-state index contributed by atoms with van der Waals surface area (Å²) in [5, 5.41) is 10.7. The van der Waals surface area contributed by atoms with Crippen molar-refractivity contribution in [2.45, 2.75) is 12.8 Å². The quantitative estimate of drug-likeness (QED) is 0.544. The fraction of sp³-hybridized carbons (Fsp3) is 0.364. The van der Waals surface area contributed by atoms with Crippen LogP contribution in [0.5, 0.6) is 0 Å². The van der Waals surface area contributed by atoms with Crippen LogP contribution in [0, 0.1) is 10.1 Å². The van der Waals surface area contributed by atoms with E-state index in [1.165, 1.54) is 13.2 Å². The van der Waals surface area contributed by atoms with Gasteiger partial charge in [-0.05, 0) is 0 Å². The number of ether oxygens (including phenoxy) is 1. The van der Waals surface area contributed by atoms with Crippen LogP contribution in [-0.4, -0.2) is 24.4 Å². The fourth-order valence-electron chi connectivity index (χ4n) is 1.36. The molecule has 0 saturated heterocycles. The van der Waals surface area contributed by atoms with E-state index < -0.39 is 4.92 Å². The van der Waals surface area contributed by atoms with Crippen LogP contribution in [0.1, 0.15) is 12.0 Å². The van der Waals surface area contributed by atoms with Gasteiger partial charge in [-0.25, -0.2) is 0 Å². The van der Waals surface area contributed by atoms with Crippen LogP contribution >= 0.6 is 0 Å². The summed E-state index contributed by atoms with van der Waals surface area (Å²) in [6.07, 6.45) is 0.364. The lowest BCUT2D eigenvalue weighted by Gasteiger charge is -2.02. The second kappa shape index (κ2) is 5.97. The van der Waals surface area contributed by atoms with Gasteiger partial charge in [-0.2, -0.15) is 0 Å². The molecule has 0 bridgehead atoms. The molecule has 0 atom stereocenters. The van der Waals surface area contributed by atoms with Gasteiger partial charge in [-0.1, -0.05) is 18.2 Å². The van der Waals surface area contributed by atoms with Crippen LogP contribution in [0.25, 0.3) is 0 Å². The van der Waals surface area contributed by atoms with Crippen LogP contribution in [0.2, 0.25) is 0 Å². The predicted octanol–water partition coefficient (Wildman–Crippen LogP) is 1.74. The Kier molecular flexibility index (Phi) is 4.60. The largest absolute Gasteiger partial charge is 0.384 e. The zero-order valence-corrected chi connectivity index (χ0v) is 9.01. The maximum atomic E-state index is 11.4. The van der Waals surface area contributed by atoms with E-state index in [1.807, 2.05) is 0 Å². The highest BCUT2D eigenvalue weighted by Gasteiger charge is 2.14. The number of methoxy groups -OCH3 is 1. The average Bonchev–Trinajstić information content (AvgIpc) is 2.27. The topological polar surface area (TPSA) is 69.4 Å². The zero-order valence-electron chi connectivity index (χ0n) is 9.01. The molecular weight excluding hydrogens is 210 g/mol. The highest BCUT2D eigenvalue weighted by Crippen LogP contribution is 2.18. The van der Waals surface area contributed by atoms with E-state index in [2.05, 4.69) is 0 Å². The van der Waals surface area contributed by atoms with Crippen molar-refractivity contribution < 1.29 is 14.5 Å². The van der Waals surface area contributed by atoms with E-state index in [4.69, 9.17) is 4.74 Å². The number of carbonyl (C=O) groups is 1. The Bertz CT molecular complexity index is 389. The fourth-order valence-corrected chi connectivity index (χ4v) is 1.36. The first-order valence-corrected chi connectivity index (χ1v) is 4.88. The number of hydrogen-bond donors (Lipinski definition) is 0. The summed E-state index contributed by atoms with van der Waals surface area (Å²) in [5.41, 5.74) is 0.446. The Morgan fingerprint density at radius 1 is 1.44 bits per heavy atom. The summed E-state index contributed by atoms with van der Waals surface area (Å²) in [5.74, 6) is -0.0591. The first-order valence-electron chi connectivity index (χ1n) is 4.88. The van der Waals surface area contributed by atoms with Gasteiger partial charge in [0.2, 0.25) is 0 Å². The van der Waals surface area contributed by atoms with Crippen molar-refractivity contribution in [1.29, 1.82) is 0 Å². The van der Waals surface area contributed by atoms with Gasteiger partial charge < -0.3 is 4.74 Å². The summed E-state index contributed by atoms with van der Waals surface area (Å²) < 4.78 is 4.77. The van der Waals surface area contributed by atoms with Crippen molar-refractivity contribution in [3.8, 4) is 0 Å². The number of hydrogen-bond acceptors (Lipinski definition) is 4. The number of rotatable bonds is 6. The molecule has 0 aromatic heterocycles. The molecule has 0 saturated carbocycles. The molecule has 0 fully saturated rings. The maximum Gasteiger partial charge on any atom is 0.273 e. The third kappa shape index (κ3) is 3.43. The lowest BCUT2D eigenvalue weighted by molar-refractivity contribution is -0.385. The molecule has 0 N–H and O–H groups in total. The number of benzene rings is 1. The van der Waals surface area contributed by atoms with Gasteiger partial charge in [0.15, 0.2) is 0 Å². The molecule has 1 aromatic carbocycles. The van der Waals surface area contributed by atoms with Crippen LogP contribution in [0.3, 0.4) is 0 Å². The number of ketones is 1. The van der Waals surface area contributed by atoms with E-state index >= 15 is 0 Å². The van der Waals surface area contributed by atoms with Crippen LogP contribution < -0.4 is 0 Å². The Morgan fingerprint density at radius 2 is 2.12 bits per heavy atom. The number of nitrogens with zero attached hydrogens (tertiary/aromatic N) is 1. The second-order valence-electron chi connectivity index (χ2n) is 3.34. The predicted molar refractivity (Wildman–Crippen MR) is 58.3 cm³/mol. The second-order valence-corrected chi connectivity index (χ2v) is 3.34. The van der Waals surface area contributed by atoms with Gasteiger partial charge in [0.05, 0.1) is 11.5 Å². The molecule has 86 valence electrons. The summed E-state index contributed by atoms with van der Waals surface area (Å²) in [7, 11) is 1.51. The Labute approximate surface area is 93.2 Å². The van der Waals surface area contributed by atoms with E-state index in [9.17, 15) is 14.9 Å². The molecule has 0 aliphatic carbocycles. The Balaban J connectivity index is 2.73. The molecule has 0 unspecified atom stereocenters. The van der Waals surface area contributed by atoms with Gasteiger partial charge in [0.25, 0.3) is 5.69 Å². The van der Waals surface area contributed by atoms with Crippen molar-refractivity contribution in [1.82, 2.24) is 0 Å². The van der Waals surface area contributed by atoms with Crippen LogP contribution in [0.4, 0.5) is 5.69 Å². The molecule has 0 radical (unpaired) electrons. The number of carbonyl (C=O) groups excluding carboxylic acids is 1. The first-order chi connectivity index (χ1) is 7.65. The highest BCUT2D eigenvalue weighted by molar-refractivity contribution is 5.81. The van der Waals surface area contributed by atoms with Crippen molar-refractivity contribution in [2.24, 2.45) is 0 Å². The molecule has 5 nitrogen and oxygen atoms in total. The minimum Gasteiger partial charge on any atom is -0.384 e. The minimum atomic E-state index is -0.473. The molecule has 0 spiro atoms. The van der Waals surface area contributed by atoms with Crippen molar-refractivity contribution >= 4 is 11.5 Å². The maximum absolute atomic E-state index is 11.4. The molecular formula is C11H13NO4. The third-order valence-corrected chi connectivity index (χ3v) is 2.16. The van der Waals surface area contributed by atoms with Gasteiger partial charge in [0.1, 0.15) is 5.78 Å². The highest BCUT2D eigenvalue weighted by atomic mass is 16.6. The summed E-state index contributed by atoms with van der Waals surface area (Å²) in [6.45, 7) is 0.347. The molecule has 0 amide bonds. The minimum absolute atomic E-state index is 0.00623. The van der Waals surface area contributed by atoms with E-state index in [-0.39, 0.29) is 24.3 Å². The molecule has 1 rings (SSSR count). The molecule has 16 heavy (non-hydrogen) atoms. The summed E-state index contributed by atoms with van der Waals surface area (Å²) in [6, 6.07) is 6.27. The zero-order chi connectivity index (χ0) is 12.0. The van der Waals surface area contributed by atoms with Crippen molar-refractivity contribution in [3.05, 3.63) is 39.9 Å². The van der Waals surface area contributed by atoms with Crippen LogP contribution in [0.15, 0.2) is 24.3 Å². The number of para-hydroxylation sites is 1. The molecule has 1 aromatic rings. The Morgan fingerprint density at radius 3 is 2.75 bits per heavy atom. The standard InChI is InChI=1S/C11H13NO4/c1-16-7-6-10(13)8-9-4-2-3-5-11(9)12(14)15/h2-5H,6-8H2,1H3. The molecule has 0 aliphatic rings. The van der Waals surface area contributed by atoms with E-state index in [0.717, 1.165) is 0 Å². The summed E-state index contributed by atoms with van der Waals surface area (Å²) >= 11 is 0. The SMILES string of the molecule is COCCC(=O)Cc1ccccc1[N+](=O)[O-]. The van der Waals surface area contributed by atoms with Crippen molar-refractivity contribution in [3.63, 3.8) is 0 Å². The normalized spacial score (nSPS) is 10.1. The number of nitro groups is 1. The molecule has 5 heteroatoms. The average molecular weight is 223 g/mol. The molecule has 0 heterocycles. The van der Waals surface area contributed by atoms with Gasteiger partial charge in [-0.15, -0.1) is 0 Å². The lowest BCUT2D eigenvalue weighted by atomic mass is 10.1. The first kappa shape index (κ1) is 12.3. The van der Waals surface area contributed by atoms with Gasteiger partial charge in [0, 0.05) is 31.6 Å². The van der Waals surface area contributed by atoms with Crippen LogP contribution in [-0.2, 0) is 16.0 Å². The lowest BCUT2D eigenvalue weighted by Crippen LogP contribution is -2.07. The Hall–Kier alpha value is -1.75. The third-order valence-electron chi connectivity index (χ3n) is 2.16.